The van der Waals surface area contributed by atoms with E-state index in [1.165, 1.54) is 12.4 Å². The van der Waals surface area contributed by atoms with Crippen LogP contribution in [0.25, 0.3) is 17.3 Å². The van der Waals surface area contributed by atoms with Crippen LogP contribution in [-0.2, 0) is 14.0 Å². The van der Waals surface area contributed by atoms with Gasteiger partial charge in [-0.1, -0.05) is 312 Å². The van der Waals surface area contributed by atoms with Crippen molar-refractivity contribution >= 4 is 57.0 Å². The van der Waals surface area contributed by atoms with Crippen LogP contribution in [0, 0.1) is 0 Å². The quantitative estimate of drug-likeness (QED) is 0.00808. The lowest BCUT2D eigenvalue weighted by Crippen LogP contribution is -2.10. The molecule has 4 N–H and O–H groups in total. The zero-order valence-corrected chi connectivity index (χ0v) is 72.2. The van der Waals surface area contributed by atoms with Gasteiger partial charge in [-0.3, -0.25) is 14.4 Å². The first-order valence-corrected chi connectivity index (χ1v) is 45.2. The van der Waals surface area contributed by atoms with E-state index in [4.69, 9.17) is 51.9 Å². The molecule has 18 nitrogen and oxygen atoms in total. The molecule has 4 aromatic heterocycles. The second-order valence-electron chi connectivity index (χ2n) is 30.5. The molecule has 4 heterocycles. The van der Waals surface area contributed by atoms with Crippen molar-refractivity contribution in [2.75, 3.05) is 52.9 Å². The number of allylic oxidation sites excluding steroid dienone is 3. The van der Waals surface area contributed by atoms with Gasteiger partial charge in [-0.05, 0) is 51.4 Å². The maximum absolute atomic E-state index is 15.8. The monoisotopic (exact) mass is 1640 g/mol. The minimum Gasteiger partial charge on any atom is -0.503 e. The first kappa shape index (κ1) is 101. The fourth-order valence-electron chi connectivity index (χ4n) is 13.7. The molecular weight excluding hydrogens is 1500 g/mol. The first-order valence-electron chi connectivity index (χ1n) is 45.2. The Kier molecular flexibility index (Phi) is 56.6. The van der Waals surface area contributed by atoms with E-state index in [2.05, 4.69) is 75.3 Å². The average Bonchev–Trinajstić information content (AvgIpc) is 1.62. The third-order valence-electron chi connectivity index (χ3n) is 20.3. The number of aromatic nitrogens is 4. The van der Waals surface area contributed by atoms with Gasteiger partial charge < -0.3 is 71.8 Å². The Morgan fingerprint density at radius 3 is 0.690 bits per heavy atom. The number of hydrogen-bond acceptors (Lipinski definition) is 14. The summed E-state index contributed by atoms with van der Waals surface area (Å²) in [5.74, 6) is -5.98. The highest BCUT2D eigenvalue weighted by molar-refractivity contribution is 6.37. The topological polar surface area (TPSA) is 216 Å². The summed E-state index contributed by atoms with van der Waals surface area (Å²) in [6, 6.07) is 0. The van der Waals surface area contributed by atoms with Crippen LogP contribution in [0.2, 0.25) is 0 Å². The van der Waals surface area contributed by atoms with Gasteiger partial charge in [-0.25, -0.2) is 25.9 Å². The number of rotatable bonds is 79. The number of nitrogens with one attached hydrogen (secondary N) is 4. The number of ether oxygens (including phenoxy) is 8. The van der Waals surface area contributed by atoms with E-state index in [0.29, 0.717) is 83.3 Å². The van der Waals surface area contributed by atoms with Crippen molar-refractivity contribution in [2.45, 2.75) is 364 Å². The van der Waals surface area contributed by atoms with Gasteiger partial charge in [-0.2, -0.15) is 0 Å². The molecule has 0 unspecified atom stereocenters. The highest BCUT2D eigenvalue weighted by Crippen LogP contribution is 2.46. The molecule has 4 aromatic rings. The lowest BCUT2D eigenvalue weighted by Gasteiger charge is -2.14. The molecule has 0 fully saturated rings. The van der Waals surface area contributed by atoms with E-state index >= 15 is 40.3 Å². The van der Waals surface area contributed by atoms with Crippen molar-refractivity contribution in [3.63, 3.8) is 0 Å². The minimum atomic E-state index is -3.66. The van der Waals surface area contributed by atoms with Crippen molar-refractivity contribution in [2.24, 2.45) is 0 Å². The number of ketones is 3. The number of halogens is 6. The number of aromatic amines is 4. The summed E-state index contributed by atoms with van der Waals surface area (Å²) in [4.78, 5) is 58.1. The van der Waals surface area contributed by atoms with Gasteiger partial charge in [0.1, 0.15) is 51.4 Å². The molecule has 27 heteroatoms. The molecule has 0 amide bonds. The van der Waals surface area contributed by atoms with Crippen LogP contribution in [0.1, 0.15) is 412 Å². The van der Waals surface area contributed by atoms with Gasteiger partial charge in [0.15, 0.2) is 46.0 Å². The van der Waals surface area contributed by atoms with Crippen molar-refractivity contribution in [3.8, 4) is 46.0 Å². The molecule has 656 valence electrons. The maximum Gasteiger partial charge on any atom is 0.796 e. The number of carbonyl (C=O) groups excluding carboxylic acids is 3. The van der Waals surface area contributed by atoms with Gasteiger partial charge >= 0.3 is 22.4 Å². The van der Waals surface area contributed by atoms with Crippen molar-refractivity contribution in [1.29, 1.82) is 0 Å². The molecule has 0 saturated heterocycles. The van der Waals surface area contributed by atoms with E-state index in [1.807, 2.05) is 0 Å². The van der Waals surface area contributed by atoms with E-state index in [0.717, 1.165) is 250 Å². The van der Waals surface area contributed by atoms with Crippen molar-refractivity contribution in [3.05, 3.63) is 64.8 Å². The lowest BCUT2D eigenvalue weighted by atomic mass is 10.1. The molecule has 0 atom stereocenters. The molecule has 0 aliphatic rings. The Labute approximate surface area is 693 Å². The van der Waals surface area contributed by atoms with Gasteiger partial charge in [0.2, 0.25) is 17.3 Å². The molecule has 0 spiro atoms. The zero-order chi connectivity index (χ0) is 84.0. The largest absolute Gasteiger partial charge is 0.796 e. The Bertz CT molecular complexity index is 3320. The molecule has 0 aliphatic carbocycles. The normalized spacial score (nSPS) is 11.8. The summed E-state index contributed by atoms with van der Waals surface area (Å²) < 4.78 is 159. The van der Waals surface area contributed by atoms with Gasteiger partial charge in [0.05, 0.1) is 52.9 Å². The summed E-state index contributed by atoms with van der Waals surface area (Å²) >= 11 is 0. The molecule has 0 aromatic carbocycles. The summed E-state index contributed by atoms with van der Waals surface area (Å²) in [5.41, 5.74) is -2.13. The molecule has 0 radical (unpaired) electrons. The Balaban J connectivity index is 2.12. The van der Waals surface area contributed by atoms with Gasteiger partial charge in [0.25, 0.3) is 0 Å². The summed E-state index contributed by atoms with van der Waals surface area (Å²) in [5, 5.41) is 0. The summed E-state index contributed by atoms with van der Waals surface area (Å²) in [7, 11) is -10.7. The SMILES string of the molecule is CCCCCCCCOc1c[nH]c(C(=O)/C=C(/OB(F)F)c2[nH]c(C(=O)C=C(OB(F)F)c3[nH]c(C(=O)C=C(OB(F)F)c4[nH]cc(OCCCCCCCC)c4OCCCCCCCC)c(OCCCCCCCC)c3OCCCCCCCC)c(OCCCCCCCC)c2OCCCCCCCC)c1OCCCCCCCC. The third-order valence-corrected chi connectivity index (χ3v) is 20.3. The smallest absolute Gasteiger partial charge is 0.503 e. The number of unbranched alkanes of at least 4 members (excludes halogenated alkanes) is 40. The highest BCUT2D eigenvalue weighted by atomic mass is 19.3. The Hall–Kier alpha value is -7.08. The van der Waals surface area contributed by atoms with Crippen LogP contribution in [0.5, 0.6) is 46.0 Å². The second kappa shape index (κ2) is 64.9. The van der Waals surface area contributed by atoms with Crippen LogP contribution >= 0.6 is 0 Å². The van der Waals surface area contributed by atoms with Crippen molar-refractivity contribution in [1.82, 2.24) is 19.9 Å². The summed E-state index contributed by atoms with van der Waals surface area (Å²) in [6.45, 7) is 17.8. The van der Waals surface area contributed by atoms with Gasteiger partial charge in [-0.15, -0.1) is 0 Å². The van der Waals surface area contributed by atoms with E-state index in [9.17, 15) is 0 Å². The lowest BCUT2D eigenvalue weighted by molar-refractivity contribution is 0.102. The standard InChI is InChI=1S/C89H145B3F6N4O14/c1-9-17-25-33-41-49-57-106-76-68-99-78(84(76)108-59-51-43-35-27-19-11-3)70(103)65-74(115-91(95)96)82-88(112-63-55-47-39-31-23-15-7)87(111-62-54-46-38-30-22-14-6)80(102-82)72(105)67-75(116-92(97)98)83-89(113-64-56-48-40-32-24-16-8)86(110-61-53-45-37-29-21-13-5)79(101-83)71(104)66-73(114-90(93)94)81-85(109-60-52-44-36-28-20-12-4)77(69-100-81)107-58-50-42-34-26-18-10-2/h65-69,99-102H,9-64H2,1-8H3/b73-66?,74-65+,75-67?. The van der Waals surface area contributed by atoms with Crippen LogP contribution in [0.15, 0.2) is 30.6 Å². The van der Waals surface area contributed by atoms with Crippen LogP contribution in [-0.4, -0.2) is 113 Å². The number of H-pyrrole nitrogens is 4. The third kappa shape index (κ3) is 41.1. The van der Waals surface area contributed by atoms with E-state index in [1.54, 1.807) is 0 Å². The molecule has 0 aliphatic heterocycles. The number of hydrogen-bond donors (Lipinski definition) is 4. The molecule has 4 rings (SSSR count). The maximum atomic E-state index is 15.8. The summed E-state index contributed by atoms with van der Waals surface area (Å²) in [6.07, 6.45) is 48.5. The van der Waals surface area contributed by atoms with E-state index in [-0.39, 0.29) is 104 Å². The first-order chi connectivity index (χ1) is 56.6. The molecule has 116 heavy (non-hydrogen) atoms. The van der Waals surface area contributed by atoms with Crippen LogP contribution in [0.4, 0.5) is 25.9 Å². The van der Waals surface area contributed by atoms with Crippen LogP contribution < -0.4 is 37.9 Å². The fraction of sp³-hybridized carbons (Fsp3) is 0.719. The Morgan fingerprint density at radius 2 is 0.440 bits per heavy atom. The zero-order valence-electron chi connectivity index (χ0n) is 72.2. The van der Waals surface area contributed by atoms with Gasteiger partial charge in [0, 0.05) is 30.6 Å². The predicted molar refractivity (Wildman–Crippen MR) is 458 cm³/mol. The van der Waals surface area contributed by atoms with Crippen molar-refractivity contribution < 1.29 is 92.1 Å². The molecule has 0 saturated carbocycles. The average molecular weight is 1640 g/mol. The molecule has 0 bridgehead atoms. The Morgan fingerprint density at radius 1 is 0.250 bits per heavy atom. The molecular formula is C89H145B3F6N4O14. The minimum absolute atomic E-state index is 0.0277. The second-order valence-corrected chi connectivity index (χ2v) is 30.5. The number of carbonyl (C=O) groups is 3. The van der Waals surface area contributed by atoms with E-state index < -0.39 is 79.8 Å². The fourth-order valence-corrected chi connectivity index (χ4v) is 13.7. The predicted octanol–water partition coefficient (Wildman–Crippen LogP) is 27.4. The van der Waals surface area contributed by atoms with Crippen LogP contribution in [0.3, 0.4) is 0 Å². The highest BCUT2D eigenvalue weighted by Gasteiger charge is 2.36.